The molecule has 3 heterocycles. The lowest BCUT2D eigenvalue weighted by Crippen LogP contribution is -1.96. The Balaban J connectivity index is 1.23. The van der Waals surface area contributed by atoms with E-state index in [0.29, 0.717) is 5.82 Å². The van der Waals surface area contributed by atoms with Gasteiger partial charge in [-0.15, -0.1) is 11.3 Å². The zero-order chi connectivity index (χ0) is 29.0. The minimum Gasteiger partial charge on any atom is -0.455 e. The Morgan fingerprint density at radius 3 is 1.84 bits per heavy atom. The van der Waals surface area contributed by atoms with Gasteiger partial charge in [0.2, 0.25) is 0 Å². The van der Waals surface area contributed by atoms with Crippen LogP contribution in [0.5, 0.6) is 0 Å². The lowest BCUT2D eigenvalue weighted by molar-refractivity contribution is 0.669. The number of furan rings is 1. The second kappa shape index (κ2) is 10.0. The van der Waals surface area contributed by atoms with Gasteiger partial charge in [0.25, 0.3) is 0 Å². The Kier molecular flexibility index (Phi) is 5.68. The van der Waals surface area contributed by atoms with Gasteiger partial charge in [-0.05, 0) is 41.5 Å². The van der Waals surface area contributed by atoms with Gasteiger partial charge in [0.1, 0.15) is 11.2 Å². The summed E-state index contributed by atoms with van der Waals surface area (Å²) in [6, 6.07) is 50.6. The van der Waals surface area contributed by atoms with Crippen molar-refractivity contribution in [1.82, 2.24) is 9.97 Å². The van der Waals surface area contributed by atoms with Gasteiger partial charge in [0.05, 0.1) is 17.0 Å². The Labute approximate surface area is 257 Å². The van der Waals surface area contributed by atoms with E-state index in [9.17, 15) is 0 Å². The average molecular weight is 581 g/mol. The van der Waals surface area contributed by atoms with E-state index in [-0.39, 0.29) is 0 Å². The third-order valence-electron chi connectivity index (χ3n) is 8.32. The van der Waals surface area contributed by atoms with Gasteiger partial charge in [-0.25, -0.2) is 9.97 Å². The largest absolute Gasteiger partial charge is 0.455 e. The van der Waals surface area contributed by atoms with E-state index in [2.05, 4.69) is 109 Å². The van der Waals surface area contributed by atoms with Crippen molar-refractivity contribution in [2.24, 2.45) is 0 Å². The highest BCUT2D eigenvalue weighted by Gasteiger charge is 2.18. The van der Waals surface area contributed by atoms with Gasteiger partial charge in [-0.1, -0.05) is 115 Å². The number of rotatable bonds is 4. The number of thiophene rings is 1. The van der Waals surface area contributed by atoms with Crippen molar-refractivity contribution in [3.8, 4) is 45.0 Å². The van der Waals surface area contributed by atoms with Crippen molar-refractivity contribution in [1.29, 1.82) is 0 Å². The molecule has 9 rings (SSSR count). The maximum atomic E-state index is 6.69. The molecule has 9 aromatic rings. The van der Waals surface area contributed by atoms with Crippen LogP contribution >= 0.6 is 11.3 Å². The highest BCUT2D eigenvalue weighted by Crippen LogP contribution is 2.42. The first-order valence-corrected chi connectivity index (χ1v) is 15.5. The minimum absolute atomic E-state index is 0.644. The summed E-state index contributed by atoms with van der Waals surface area (Å²) in [4.78, 5) is 10.1. The van der Waals surface area contributed by atoms with Gasteiger partial charge in [-0.3, -0.25) is 0 Å². The van der Waals surface area contributed by atoms with Crippen molar-refractivity contribution in [2.45, 2.75) is 0 Å². The monoisotopic (exact) mass is 580 g/mol. The Hall–Kier alpha value is -5.58. The Morgan fingerprint density at radius 1 is 0.455 bits per heavy atom. The molecule has 0 unspecified atom stereocenters. The quantitative estimate of drug-likeness (QED) is 0.208. The third kappa shape index (κ3) is 4.03. The zero-order valence-electron chi connectivity index (χ0n) is 23.6. The van der Waals surface area contributed by atoms with Gasteiger partial charge >= 0.3 is 0 Å². The lowest BCUT2D eigenvalue weighted by Gasteiger charge is -2.09. The van der Waals surface area contributed by atoms with Crippen LogP contribution in [-0.2, 0) is 0 Å². The summed E-state index contributed by atoms with van der Waals surface area (Å²) < 4.78 is 9.28. The van der Waals surface area contributed by atoms with Crippen molar-refractivity contribution in [3.63, 3.8) is 0 Å². The fraction of sp³-hybridized carbons (Fsp3) is 0. The lowest BCUT2D eigenvalue weighted by atomic mass is 10.0. The van der Waals surface area contributed by atoms with Crippen LogP contribution in [0.4, 0.5) is 0 Å². The summed E-state index contributed by atoms with van der Waals surface area (Å²) in [6.07, 6.45) is 0. The molecule has 0 aliphatic heterocycles. The summed E-state index contributed by atoms with van der Waals surface area (Å²) in [5.74, 6) is 0.644. The van der Waals surface area contributed by atoms with Gasteiger partial charge < -0.3 is 4.42 Å². The van der Waals surface area contributed by atoms with E-state index in [1.54, 1.807) is 0 Å². The van der Waals surface area contributed by atoms with Gasteiger partial charge in [-0.2, -0.15) is 0 Å². The van der Waals surface area contributed by atoms with E-state index < -0.39 is 0 Å². The maximum Gasteiger partial charge on any atom is 0.164 e. The Morgan fingerprint density at radius 2 is 1.09 bits per heavy atom. The molecule has 6 aromatic carbocycles. The standard InChI is InChI=1S/C40H24N2OS/c1-3-11-25(12-4-1)34-24-35(26-13-5-2-6-14-26)42-40(41-34)33-19-10-17-31-29-22-21-27(23-36(29)43-38(31)33)28-16-9-18-32-30-15-7-8-20-37(30)44-39(28)32/h1-24H. The van der Waals surface area contributed by atoms with E-state index in [4.69, 9.17) is 14.4 Å². The molecule has 0 fully saturated rings. The number of benzene rings is 6. The molecule has 0 amide bonds. The number of para-hydroxylation sites is 1. The number of hydrogen-bond donors (Lipinski definition) is 0. The molecule has 44 heavy (non-hydrogen) atoms. The van der Waals surface area contributed by atoms with Crippen molar-refractivity contribution >= 4 is 53.4 Å². The van der Waals surface area contributed by atoms with Crippen molar-refractivity contribution < 1.29 is 4.42 Å². The number of nitrogens with zero attached hydrogens (tertiary/aromatic N) is 2. The van der Waals surface area contributed by atoms with E-state index in [1.165, 1.54) is 25.7 Å². The van der Waals surface area contributed by atoms with Crippen molar-refractivity contribution in [3.05, 3.63) is 146 Å². The van der Waals surface area contributed by atoms with Crippen LogP contribution < -0.4 is 0 Å². The summed E-state index contributed by atoms with van der Waals surface area (Å²) >= 11 is 1.85. The smallest absolute Gasteiger partial charge is 0.164 e. The fourth-order valence-corrected chi connectivity index (χ4v) is 7.44. The topological polar surface area (TPSA) is 38.9 Å². The Bertz CT molecular complexity index is 2440. The van der Waals surface area contributed by atoms with E-state index >= 15 is 0 Å². The molecule has 4 heteroatoms. The summed E-state index contributed by atoms with van der Waals surface area (Å²) in [7, 11) is 0. The van der Waals surface area contributed by atoms with Crippen LogP contribution in [0.15, 0.2) is 150 Å². The van der Waals surface area contributed by atoms with Crippen LogP contribution in [0.25, 0.3) is 87.1 Å². The SMILES string of the molecule is c1ccc(-c2cc(-c3ccccc3)nc(-c3cccc4c3oc3cc(-c5cccc6c5sc5ccccc56)ccc34)n2)cc1. The number of fused-ring (bicyclic) bond motifs is 6. The molecular formula is C40H24N2OS. The molecule has 0 saturated carbocycles. The summed E-state index contributed by atoms with van der Waals surface area (Å²) in [6.45, 7) is 0. The first-order valence-electron chi connectivity index (χ1n) is 14.7. The minimum atomic E-state index is 0.644. The summed E-state index contributed by atoms with van der Waals surface area (Å²) in [5, 5.41) is 4.73. The predicted molar refractivity (Wildman–Crippen MR) is 184 cm³/mol. The molecule has 0 aliphatic carbocycles. The van der Waals surface area contributed by atoms with Crippen molar-refractivity contribution in [2.75, 3.05) is 0 Å². The number of aromatic nitrogens is 2. The molecule has 0 atom stereocenters. The molecule has 0 spiro atoms. The number of hydrogen-bond acceptors (Lipinski definition) is 4. The highest BCUT2D eigenvalue weighted by molar-refractivity contribution is 7.26. The molecule has 0 bridgehead atoms. The first kappa shape index (κ1) is 25.0. The molecule has 206 valence electrons. The second-order valence-electron chi connectivity index (χ2n) is 11.0. The summed E-state index contributed by atoms with van der Waals surface area (Å²) in [5.41, 5.74) is 8.73. The molecule has 0 aliphatic rings. The van der Waals surface area contributed by atoms with Crippen LogP contribution in [0.3, 0.4) is 0 Å². The van der Waals surface area contributed by atoms with Crippen LogP contribution in [-0.4, -0.2) is 9.97 Å². The first-order chi connectivity index (χ1) is 21.8. The highest BCUT2D eigenvalue weighted by atomic mass is 32.1. The normalized spacial score (nSPS) is 11.6. The average Bonchev–Trinajstić information content (AvgIpc) is 3.67. The molecule has 0 saturated heterocycles. The fourth-order valence-electron chi connectivity index (χ4n) is 6.20. The molecule has 3 nitrogen and oxygen atoms in total. The predicted octanol–water partition coefficient (Wildman–Crippen LogP) is 11.4. The van der Waals surface area contributed by atoms with Gasteiger partial charge in [0, 0.05) is 42.1 Å². The third-order valence-corrected chi connectivity index (χ3v) is 9.54. The second-order valence-corrected chi connectivity index (χ2v) is 12.0. The van der Waals surface area contributed by atoms with Crippen LogP contribution in [0.1, 0.15) is 0 Å². The molecular weight excluding hydrogens is 557 g/mol. The van der Waals surface area contributed by atoms with Gasteiger partial charge in [0.15, 0.2) is 5.82 Å². The zero-order valence-corrected chi connectivity index (χ0v) is 24.4. The van der Waals surface area contributed by atoms with Crippen LogP contribution in [0.2, 0.25) is 0 Å². The van der Waals surface area contributed by atoms with E-state index in [1.807, 2.05) is 47.7 Å². The molecule has 3 aromatic heterocycles. The van der Waals surface area contributed by atoms with E-state index in [0.717, 1.165) is 55.6 Å². The molecule has 0 radical (unpaired) electrons. The molecule has 0 N–H and O–H groups in total. The van der Waals surface area contributed by atoms with Crippen LogP contribution in [0, 0.1) is 0 Å². The maximum absolute atomic E-state index is 6.69.